The first-order valence-corrected chi connectivity index (χ1v) is 8.14. The number of amides is 1. The summed E-state index contributed by atoms with van der Waals surface area (Å²) in [6, 6.07) is 0.539. The van der Waals surface area contributed by atoms with Gasteiger partial charge < -0.3 is 10.1 Å². The zero-order chi connectivity index (χ0) is 22.1. The van der Waals surface area contributed by atoms with Gasteiger partial charge in [0.05, 0.1) is 5.54 Å². The lowest BCUT2D eigenvalue weighted by molar-refractivity contribution is -0.150. The van der Waals surface area contributed by atoms with E-state index in [-0.39, 0.29) is 23.8 Å². The van der Waals surface area contributed by atoms with Crippen LogP contribution in [0.25, 0.3) is 0 Å². The molecule has 0 saturated carbocycles. The van der Waals surface area contributed by atoms with Crippen LogP contribution < -0.4 is 10.1 Å². The van der Waals surface area contributed by atoms with Crippen molar-refractivity contribution >= 4 is 11.7 Å². The van der Waals surface area contributed by atoms with E-state index in [9.17, 15) is 35.9 Å². The van der Waals surface area contributed by atoms with Gasteiger partial charge in [-0.2, -0.15) is 26.3 Å². The number of nitrogens with zero attached hydrogens (tertiary/aromatic N) is 1. The van der Waals surface area contributed by atoms with Crippen LogP contribution >= 0.6 is 0 Å². The molecule has 1 amide bonds. The van der Waals surface area contributed by atoms with E-state index in [1.54, 1.807) is 13.8 Å². The van der Waals surface area contributed by atoms with Crippen LogP contribution in [-0.4, -0.2) is 28.3 Å². The molecule has 0 radical (unpaired) electrons. The summed E-state index contributed by atoms with van der Waals surface area (Å²) in [6.45, 7) is 7.18. The Kier molecular flexibility index (Phi) is 6.74. The summed E-state index contributed by atoms with van der Waals surface area (Å²) in [5, 5.41) is 2.43. The molecule has 5 nitrogen and oxygen atoms in total. The lowest BCUT2D eigenvalue weighted by Gasteiger charge is -2.33. The third kappa shape index (κ3) is 5.59. The summed E-state index contributed by atoms with van der Waals surface area (Å²) in [5.41, 5.74) is -4.89. The Labute approximate surface area is 157 Å². The Morgan fingerprint density at radius 3 is 1.75 bits per heavy atom. The number of hydrogen-bond acceptors (Lipinski definition) is 4. The third-order valence-electron chi connectivity index (χ3n) is 4.33. The number of ether oxygens (including phenoxy) is 1. The smallest absolute Gasteiger partial charge is 0.433 e. The van der Waals surface area contributed by atoms with Crippen LogP contribution in [0.15, 0.2) is 12.1 Å². The monoisotopic (exact) mass is 414 g/mol. The van der Waals surface area contributed by atoms with E-state index in [4.69, 9.17) is 4.74 Å². The van der Waals surface area contributed by atoms with E-state index in [2.05, 4.69) is 10.3 Å². The molecule has 11 heteroatoms. The fraction of sp³-hybridized carbons (Fsp3) is 0.588. The second-order valence-corrected chi connectivity index (χ2v) is 6.73. The van der Waals surface area contributed by atoms with Gasteiger partial charge in [-0.15, -0.1) is 0 Å². The van der Waals surface area contributed by atoms with E-state index in [0.29, 0.717) is 0 Å². The lowest BCUT2D eigenvalue weighted by atomic mass is 9.84. The number of halogens is 6. The number of carbonyl (C=O) groups excluding carboxylic acids is 2. The molecule has 0 fully saturated rings. The second kappa shape index (κ2) is 7.96. The highest BCUT2D eigenvalue weighted by Gasteiger charge is 2.40. The Balaban J connectivity index is 3.16. The molecule has 1 N–H and O–H groups in total. The SMILES string of the molecule is CC(=O)C(C)(NC(=O)C(C)Oc1cc(C(F)(F)F)nc(C(F)(F)F)c1)C(C)C. The molecule has 1 heterocycles. The second-order valence-electron chi connectivity index (χ2n) is 6.73. The van der Waals surface area contributed by atoms with E-state index in [0.717, 1.165) is 6.92 Å². The van der Waals surface area contributed by atoms with Gasteiger partial charge in [0.15, 0.2) is 11.9 Å². The average molecular weight is 414 g/mol. The van der Waals surface area contributed by atoms with Crippen molar-refractivity contribution in [1.29, 1.82) is 0 Å². The van der Waals surface area contributed by atoms with Gasteiger partial charge in [0, 0.05) is 12.1 Å². The van der Waals surface area contributed by atoms with Gasteiger partial charge in [-0.25, -0.2) is 4.98 Å². The average Bonchev–Trinajstić information content (AvgIpc) is 2.52. The first-order chi connectivity index (χ1) is 12.5. The topological polar surface area (TPSA) is 68.3 Å². The first kappa shape index (κ1) is 23.7. The fourth-order valence-electron chi connectivity index (χ4n) is 2.12. The van der Waals surface area contributed by atoms with Gasteiger partial charge >= 0.3 is 12.4 Å². The van der Waals surface area contributed by atoms with Gasteiger partial charge in [0.2, 0.25) is 0 Å². The minimum atomic E-state index is -5.14. The highest BCUT2D eigenvalue weighted by Crippen LogP contribution is 2.36. The quantitative estimate of drug-likeness (QED) is 0.715. The van der Waals surface area contributed by atoms with Crippen LogP contribution in [0.5, 0.6) is 5.75 Å². The third-order valence-corrected chi connectivity index (χ3v) is 4.33. The van der Waals surface area contributed by atoms with Crippen LogP contribution in [0.3, 0.4) is 0 Å². The normalized spacial score (nSPS) is 15.7. The van der Waals surface area contributed by atoms with Crippen molar-refractivity contribution in [1.82, 2.24) is 10.3 Å². The number of pyridine rings is 1. The maximum atomic E-state index is 12.8. The number of rotatable bonds is 6. The molecule has 0 aliphatic heterocycles. The molecule has 0 bridgehead atoms. The van der Waals surface area contributed by atoms with Crippen molar-refractivity contribution in [3.63, 3.8) is 0 Å². The van der Waals surface area contributed by atoms with E-state index in [1.807, 2.05) is 0 Å². The van der Waals surface area contributed by atoms with Crippen LogP contribution in [0.2, 0.25) is 0 Å². The summed E-state index contributed by atoms with van der Waals surface area (Å²) in [7, 11) is 0. The first-order valence-electron chi connectivity index (χ1n) is 8.14. The predicted octanol–water partition coefficient (Wildman–Crippen LogP) is 4.01. The van der Waals surface area contributed by atoms with E-state index >= 15 is 0 Å². The minimum absolute atomic E-state index is 0.269. The molecule has 0 aliphatic carbocycles. The molecule has 0 saturated heterocycles. The molecule has 0 aliphatic rings. The molecular weight excluding hydrogens is 394 g/mol. The number of alkyl halides is 6. The van der Waals surface area contributed by atoms with Crippen molar-refractivity contribution in [2.75, 3.05) is 0 Å². The zero-order valence-corrected chi connectivity index (χ0v) is 15.7. The highest BCUT2D eigenvalue weighted by atomic mass is 19.4. The summed E-state index contributed by atoms with van der Waals surface area (Å²) in [6.07, 6.45) is -11.8. The van der Waals surface area contributed by atoms with Crippen LogP contribution in [0, 0.1) is 5.92 Å². The molecule has 1 aromatic rings. The highest BCUT2D eigenvalue weighted by molar-refractivity contribution is 5.92. The zero-order valence-electron chi connectivity index (χ0n) is 15.7. The number of Topliss-reactive ketones (excluding diaryl/α,β-unsaturated/α-hetero) is 1. The maximum Gasteiger partial charge on any atom is 0.433 e. The van der Waals surface area contributed by atoms with Crippen molar-refractivity contribution in [3.8, 4) is 5.75 Å². The fourth-order valence-corrected chi connectivity index (χ4v) is 2.12. The van der Waals surface area contributed by atoms with Crippen molar-refractivity contribution in [2.24, 2.45) is 5.92 Å². The lowest BCUT2D eigenvalue weighted by Crippen LogP contribution is -2.57. The van der Waals surface area contributed by atoms with E-state index in [1.165, 1.54) is 13.8 Å². The van der Waals surface area contributed by atoms with Crippen LogP contribution in [0.1, 0.15) is 46.0 Å². The molecule has 0 spiro atoms. The number of ketones is 1. The Hall–Kier alpha value is -2.33. The molecule has 158 valence electrons. The van der Waals surface area contributed by atoms with Gasteiger partial charge in [-0.3, -0.25) is 9.59 Å². The molecule has 2 atom stereocenters. The molecular formula is C17H20F6N2O3. The molecule has 1 rings (SSSR count). The standard InChI is InChI=1S/C17H20F6N2O3/c1-8(2)15(5,10(4)26)25-14(27)9(3)28-11-6-12(16(18,19)20)24-13(7-11)17(21,22)23/h6-9H,1-5H3,(H,25,27). The van der Waals surface area contributed by atoms with Crippen LogP contribution in [-0.2, 0) is 21.9 Å². The van der Waals surface area contributed by atoms with Crippen LogP contribution in [0.4, 0.5) is 26.3 Å². The number of carbonyl (C=O) groups is 2. The molecule has 0 aromatic carbocycles. The summed E-state index contributed by atoms with van der Waals surface area (Å²) < 4.78 is 82.0. The maximum absolute atomic E-state index is 12.8. The van der Waals surface area contributed by atoms with E-state index < -0.39 is 47.0 Å². The molecule has 28 heavy (non-hydrogen) atoms. The van der Waals surface area contributed by atoms with Gasteiger partial charge in [-0.1, -0.05) is 13.8 Å². The number of aromatic nitrogens is 1. The van der Waals surface area contributed by atoms with Crippen molar-refractivity contribution in [2.45, 2.75) is 58.6 Å². The van der Waals surface area contributed by atoms with Crippen molar-refractivity contribution in [3.05, 3.63) is 23.5 Å². The van der Waals surface area contributed by atoms with Gasteiger partial charge in [0.1, 0.15) is 17.1 Å². The largest absolute Gasteiger partial charge is 0.481 e. The van der Waals surface area contributed by atoms with Gasteiger partial charge in [0.25, 0.3) is 5.91 Å². The summed E-state index contributed by atoms with van der Waals surface area (Å²) in [4.78, 5) is 26.7. The Morgan fingerprint density at radius 2 is 1.43 bits per heavy atom. The van der Waals surface area contributed by atoms with Gasteiger partial charge in [-0.05, 0) is 26.7 Å². The molecule has 1 aromatic heterocycles. The Morgan fingerprint density at radius 1 is 1.00 bits per heavy atom. The minimum Gasteiger partial charge on any atom is -0.481 e. The molecule has 2 unspecified atom stereocenters. The summed E-state index contributed by atoms with van der Waals surface area (Å²) >= 11 is 0. The van der Waals surface area contributed by atoms with Crippen molar-refractivity contribution < 1.29 is 40.7 Å². The predicted molar refractivity (Wildman–Crippen MR) is 86.4 cm³/mol. The Bertz CT molecular complexity index is 713. The number of nitrogens with one attached hydrogen (secondary N) is 1. The number of hydrogen-bond donors (Lipinski definition) is 1. The summed E-state index contributed by atoms with van der Waals surface area (Å²) in [5.74, 6) is -2.39.